The fourth-order valence-electron chi connectivity index (χ4n) is 2.17. The molecule has 0 N–H and O–H groups in total. The van der Waals surface area contributed by atoms with Crippen molar-refractivity contribution in [3.05, 3.63) is 47.0 Å². The smallest absolute Gasteiger partial charge is 0.125 e. The van der Waals surface area contributed by atoms with Crippen LogP contribution in [0.3, 0.4) is 0 Å². The van der Waals surface area contributed by atoms with E-state index in [2.05, 4.69) is 14.6 Å². The van der Waals surface area contributed by atoms with Gasteiger partial charge in [-0.2, -0.15) is 5.10 Å². The lowest BCUT2D eigenvalue weighted by Gasteiger charge is -2.05. The van der Waals surface area contributed by atoms with Gasteiger partial charge < -0.3 is 4.57 Å². The molecule has 3 rings (SSSR count). The van der Waals surface area contributed by atoms with Crippen LogP contribution >= 0.6 is 23.2 Å². The molecule has 1 aromatic carbocycles. The summed E-state index contributed by atoms with van der Waals surface area (Å²) in [7, 11) is 1.90. The van der Waals surface area contributed by atoms with Gasteiger partial charge >= 0.3 is 0 Å². The van der Waals surface area contributed by atoms with Crippen LogP contribution < -0.4 is 0 Å². The Hall–Kier alpha value is -1.52. The number of halogens is 2. The molecule has 0 saturated heterocycles. The van der Waals surface area contributed by atoms with Crippen molar-refractivity contribution in [1.29, 1.82) is 0 Å². The number of rotatable bonds is 3. The van der Waals surface area contributed by atoms with E-state index in [0.717, 1.165) is 22.4 Å². The molecule has 6 heteroatoms. The number of imidazole rings is 1. The van der Waals surface area contributed by atoms with Gasteiger partial charge in [0.1, 0.15) is 5.82 Å². The molecule has 4 nitrogen and oxygen atoms in total. The monoisotopic (exact) mass is 294 g/mol. The highest BCUT2D eigenvalue weighted by atomic mass is 35.5. The van der Waals surface area contributed by atoms with Crippen LogP contribution in [0.25, 0.3) is 11.0 Å². The Bertz CT molecular complexity index is 729. The lowest BCUT2D eigenvalue weighted by Crippen LogP contribution is -2.03. The Balaban J connectivity index is 2.10. The van der Waals surface area contributed by atoms with Crippen molar-refractivity contribution in [2.24, 2.45) is 7.05 Å². The summed E-state index contributed by atoms with van der Waals surface area (Å²) in [4.78, 5) is 4.51. The minimum absolute atomic E-state index is 0.368. The van der Waals surface area contributed by atoms with E-state index in [4.69, 9.17) is 23.2 Å². The quantitative estimate of drug-likeness (QED) is 0.696. The first-order valence-corrected chi connectivity index (χ1v) is 6.77. The largest absolute Gasteiger partial charge is 0.322 e. The lowest BCUT2D eigenvalue weighted by atomic mass is 10.3. The van der Waals surface area contributed by atoms with Gasteiger partial charge in [-0.1, -0.05) is 11.6 Å². The number of nitrogens with zero attached hydrogens (tertiary/aromatic N) is 4. The van der Waals surface area contributed by atoms with Gasteiger partial charge in [-0.15, -0.1) is 11.6 Å². The summed E-state index contributed by atoms with van der Waals surface area (Å²) in [6.45, 7) is 0.702. The molecule has 0 aliphatic carbocycles. The van der Waals surface area contributed by atoms with Gasteiger partial charge in [0, 0.05) is 23.8 Å². The van der Waals surface area contributed by atoms with Crippen molar-refractivity contribution in [1.82, 2.24) is 19.3 Å². The molecule has 2 heterocycles. The minimum Gasteiger partial charge on any atom is -0.322 e. The first kappa shape index (κ1) is 12.5. The molecule has 19 heavy (non-hydrogen) atoms. The number of aromatic nitrogens is 4. The maximum absolute atomic E-state index is 5.99. The third-order valence-electron chi connectivity index (χ3n) is 3.01. The van der Waals surface area contributed by atoms with Crippen LogP contribution in [-0.2, 0) is 19.5 Å². The highest BCUT2D eigenvalue weighted by Crippen LogP contribution is 2.22. The Morgan fingerprint density at radius 1 is 1.32 bits per heavy atom. The molecule has 0 aliphatic rings. The molecule has 3 aromatic rings. The van der Waals surface area contributed by atoms with Gasteiger partial charge in [0.15, 0.2) is 0 Å². The predicted molar refractivity (Wildman–Crippen MR) is 76.6 cm³/mol. The van der Waals surface area contributed by atoms with Crippen molar-refractivity contribution < 1.29 is 0 Å². The molecular formula is C13H12Cl2N4. The maximum Gasteiger partial charge on any atom is 0.125 e. The molecule has 0 atom stereocenters. The molecule has 0 saturated carbocycles. The van der Waals surface area contributed by atoms with Gasteiger partial charge in [0.25, 0.3) is 0 Å². The van der Waals surface area contributed by atoms with Crippen LogP contribution in [0.4, 0.5) is 0 Å². The molecule has 98 valence electrons. The van der Waals surface area contributed by atoms with E-state index >= 15 is 0 Å². The molecule has 0 radical (unpaired) electrons. The van der Waals surface area contributed by atoms with Crippen LogP contribution in [0.1, 0.15) is 11.4 Å². The number of hydrogen-bond donors (Lipinski definition) is 0. The highest BCUT2D eigenvalue weighted by molar-refractivity contribution is 6.31. The lowest BCUT2D eigenvalue weighted by molar-refractivity contribution is 0.759. The van der Waals surface area contributed by atoms with E-state index in [1.807, 2.05) is 37.6 Å². The molecule has 0 unspecified atom stereocenters. The Labute approximate surface area is 120 Å². The fourth-order valence-corrected chi connectivity index (χ4v) is 2.54. The van der Waals surface area contributed by atoms with E-state index in [1.54, 1.807) is 4.68 Å². The second kappa shape index (κ2) is 4.87. The van der Waals surface area contributed by atoms with Gasteiger partial charge in [0.2, 0.25) is 0 Å². The van der Waals surface area contributed by atoms with Crippen LogP contribution in [0, 0.1) is 0 Å². The summed E-state index contributed by atoms with van der Waals surface area (Å²) in [6, 6.07) is 5.69. The summed E-state index contributed by atoms with van der Waals surface area (Å²) >= 11 is 12.0. The SMILES string of the molecule is Cn1cc(Cn2c(CCl)nc3cc(Cl)ccc32)cn1. The summed E-state index contributed by atoms with van der Waals surface area (Å²) in [5.74, 6) is 1.20. The van der Waals surface area contributed by atoms with Gasteiger partial charge in [-0.25, -0.2) is 4.98 Å². The zero-order valence-corrected chi connectivity index (χ0v) is 11.9. The maximum atomic E-state index is 5.99. The van der Waals surface area contributed by atoms with E-state index in [1.165, 1.54) is 0 Å². The van der Waals surface area contributed by atoms with E-state index in [-0.39, 0.29) is 0 Å². The second-order valence-electron chi connectivity index (χ2n) is 4.40. The number of fused-ring (bicyclic) bond motifs is 1. The van der Waals surface area contributed by atoms with Crippen LogP contribution in [0.15, 0.2) is 30.6 Å². The van der Waals surface area contributed by atoms with E-state index < -0.39 is 0 Å². The van der Waals surface area contributed by atoms with Crippen LogP contribution in [0.2, 0.25) is 5.02 Å². The Morgan fingerprint density at radius 2 is 2.16 bits per heavy atom. The van der Waals surface area contributed by atoms with Crippen molar-refractivity contribution in [3.63, 3.8) is 0 Å². The third-order valence-corrected chi connectivity index (χ3v) is 3.48. The number of alkyl halides is 1. The zero-order valence-electron chi connectivity index (χ0n) is 10.3. The van der Waals surface area contributed by atoms with Gasteiger partial charge in [-0.05, 0) is 18.2 Å². The molecule has 0 fully saturated rings. The van der Waals surface area contributed by atoms with Crippen molar-refractivity contribution in [3.8, 4) is 0 Å². The topological polar surface area (TPSA) is 35.6 Å². The van der Waals surface area contributed by atoms with Crippen molar-refractivity contribution >= 4 is 34.2 Å². The van der Waals surface area contributed by atoms with Gasteiger partial charge in [-0.3, -0.25) is 4.68 Å². The normalized spacial score (nSPS) is 11.3. The standard InChI is InChI=1S/C13H12Cl2N4/c1-18-7-9(6-16-18)8-19-12-3-2-10(15)4-11(12)17-13(19)5-14/h2-4,6-7H,5,8H2,1H3. The summed E-state index contributed by atoms with van der Waals surface area (Å²) < 4.78 is 3.88. The fraction of sp³-hybridized carbons (Fsp3) is 0.231. The summed E-state index contributed by atoms with van der Waals surface area (Å²) in [6.07, 6.45) is 3.83. The summed E-state index contributed by atoms with van der Waals surface area (Å²) in [5, 5.41) is 4.86. The van der Waals surface area contributed by atoms with Crippen molar-refractivity contribution in [2.45, 2.75) is 12.4 Å². The van der Waals surface area contributed by atoms with Crippen molar-refractivity contribution in [2.75, 3.05) is 0 Å². The van der Waals surface area contributed by atoms with Crippen LogP contribution in [-0.4, -0.2) is 19.3 Å². The molecule has 0 aliphatic heterocycles. The number of hydrogen-bond acceptors (Lipinski definition) is 2. The second-order valence-corrected chi connectivity index (χ2v) is 5.11. The van der Waals surface area contributed by atoms with E-state index in [0.29, 0.717) is 17.4 Å². The first-order valence-electron chi connectivity index (χ1n) is 5.85. The average Bonchev–Trinajstić information content (AvgIpc) is 2.94. The zero-order chi connectivity index (χ0) is 13.4. The average molecular weight is 295 g/mol. The Kier molecular flexibility index (Phi) is 3.21. The van der Waals surface area contributed by atoms with E-state index in [9.17, 15) is 0 Å². The van der Waals surface area contributed by atoms with Crippen LogP contribution in [0.5, 0.6) is 0 Å². The molecule has 0 amide bonds. The third kappa shape index (κ3) is 2.33. The number of benzene rings is 1. The number of aryl methyl sites for hydroxylation is 1. The highest BCUT2D eigenvalue weighted by Gasteiger charge is 2.11. The first-order chi connectivity index (χ1) is 9.17. The summed E-state index contributed by atoms with van der Waals surface area (Å²) in [5.41, 5.74) is 3.01. The predicted octanol–water partition coefficient (Wildman–Crippen LogP) is 3.21. The molecule has 0 spiro atoms. The minimum atomic E-state index is 0.368. The Morgan fingerprint density at radius 3 is 2.84 bits per heavy atom. The molecule has 2 aromatic heterocycles. The molecular weight excluding hydrogens is 283 g/mol. The molecule has 0 bridgehead atoms. The van der Waals surface area contributed by atoms with Gasteiger partial charge in [0.05, 0.1) is 29.7 Å².